The number of hydrogen-bond donors (Lipinski definition) is 3. The molecule has 3 N–H and O–H groups in total. The van der Waals surface area contributed by atoms with Gasteiger partial charge in [0, 0.05) is 18.2 Å². The van der Waals surface area contributed by atoms with Crippen molar-refractivity contribution in [1.82, 2.24) is 0 Å². The van der Waals surface area contributed by atoms with E-state index in [9.17, 15) is 19.5 Å². The van der Waals surface area contributed by atoms with Gasteiger partial charge in [-0.1, -0.05) is 26.2 Å². The number of phenols is 1. The first-order valence-electron chi connectivity index (χ1n) is 11.1. The fraction of sp³-hybridized carbons (Fsp3) is 0.400. The van der Waals surface area contributed by atoms with Crippen LogP contribution in [0.15, 0.2) is 30.3 Å². The van der Waals surface area contributed by atoms with Crippen LogP contribution in [0.2, 0.25) is 0 Å². The van der Waals surface area contributed by atoms with Crippen molar-refractivity contribution in [3.8, 4) is 17.2 Å². The van der Waals surface area contributed by atoms with Crippen molar-refractivity contribution in [2.45, 2.75) is 59.8 Å². The molecule has 2 rings (SSSR count). The monoisotopic (exact) mass is 456 g/mol. The summed E-state index contributed by atoms with van der Waals surface area (Å²) in [6, 6.07) is 7.98. The Morgan fingerprint density at radius 3 is 2.27 bits per heavy atom. The number of rotatable bonds is 10. The fourth-order valence-electron chi connectivity index (χ4n) is 3.28. The minimum absolute atomic E-state index is 0.0465. The second-order valence-corrected chi connectivity index (χ2v) is 7.75. The molecule has 0 aliphatic rings. The van der Waals surface area contributed by atoms with E-state index in [0.717, 1.165) is 36.8 Å². The first kappa shape index (κ1) is 25.7. The SMILES string of the molecule is CCCCCCC(=O)Nc1cc(Oc2c(C)cc(NC(=O)C(=O)OCC)cc2C)ccc1O. The van der Waals surface area contributed by atoms with Crippen molar-refractivity contribution in [2.75, 3.05) is 17.2 Å². The minimum atomic E-state index is -0.947. The maximum Gasteiger partial charge on any atom is 0.397 e. The van der Waals surface area contributed by atoms with Crippen molar-refractivity contribution in [3.63, 3.8) is 0 Å². The van der Waals surface area contributed by atoms with Crippen LogP contribution in [-0.2, 0) is 19.1 Å². The van der Waals surface area contributed by atoms with Crippen LogP contribution < -0.4 is 15.4 Å². The topological polar surface area (TPSA) is 114 Å². The second-order valence-electron chi connectivity index (χ2n) is 7.75. The van der Waals surface area contributed by atoms with Crippen molar-refractivity contribution in [3.05, 3.63) is 41.5 Å². The number of carbonyl (C=O) groups is 3. The third-order valence-electron chi connectivity index (χ3n) is 4.90. The maximum absolute atomic E-state index is 12.2. The smallest absolute Gasteiger partial charge is 0.397 e. The molecule has 33 heavy (non-hydrogen) atoms. The Bertz CT molecular complexity index is 979. The molecule has 2 aromatic rings. The van der Waals surface area contributed by atoms with Gasteiger partial charge in [0.1, 0.15) is 17.2 Å². The van der Waals surface area contributed by atoms with Crippen LogP contribution in [-0.4, -0.2) is 29.5 Å². The van der Waals surface area contributed by atoms with Crippen LogP contribution in [0.1, 0.15) is 57.1 Å². The van der Waals surface area contributed by atoms with E-state index in [1.807, 2.05) is 13.8 Å². The lowest BCUT2D eigenvalue weighted by Crippen LogP contribution is -2.25. The molecule has 0 fully saturated rings. The van der Waals surface area contributed by atoms with E-state index in [0.29, 0.717) is 23.6 Å². The Balaban J connectivity index is 2.10. The predicted octanol–water partition coefficient (Wildman–Crippen LogP) is 5.21. The average molecular weight is 457 g/mol. The molecular weight excluding hydrogens is 424 g/mol. The molecule has 2 aromatic carbocycles. The maximum atomic E-state index is 12.2. The van der Waals surface area contributed by atoms with E-state index < -0.39 is 11.9 Å². The van der Waals surface area contributed by atoms with Gasteiger partial charge in [-0.2, -0.15) is 0 Å². The molecule has 2 amide bonds. The third kappa shape index (κ3) is 7.82. The van der Waals surface area contributed by atoms with Gasteiger partial charge in [-0.05, 0) is 62.6 Å². The zero-order valence-electron chi connectivity index (χ0n) is 19.6. The number of phenolic OH excluding ortho intramolecular Hbond substituents is 1. The summed E-state index contributed by atoms with van der Waals surface area (Å²) in [5.41, 5.74) is 2.17. The summed E-state index contributed by atoms with van der Waals surface area (Å²) in [7, 11) is 0. The summed E-state index contributed by atoms with van der Waals surface area (Å²) in [4.78, 5) is 35.6. The molecule has 0 atom stereocenters. The highest BCUT2D eigenvalue weighted by Crippen LogP contribution is 2.35. The van der Waals surface area contributed by atoms with Crippen LogP contribution in [0, 0.1) is 13.8 Å². The van der Waals surface area contributed by atoms with Gasteiger partial charge in [0.25, 0.3) is 0 Å². The predicted molar refractivity (Wildman–Crippen MR) is 127 cm³/mol. The van der Waals surface area contributed by atoms with E-state index in [1.165, 1.54) is 6.07 Å². The highest BCUT2D eigenvalue weighted by atomic mass is 16.5. The van der Waals surface area contributed by atoms with Crippen molar-refractivity contribution in [1.29, 1.82) is 0 Å². The van der Waals surface area contributed by atoms with Gasteiger partial charge < -0.3 is 25.2 Å². The third-order valence-corrected chi connectivity index (χ3v) is 4.90. The zero-order valence-corrected chi connectivity index (χ0v) is 19.6. The molecule has 178 valence electrons. The van der Waals surface area contributed by atoms with Gasteiger partial charge in [-0.25, -0.2) is 4.79 Å². The number of aryl methyl sites for hydroxylation is 2. The average Bonchev–Trinajstić information content (AvgIpc) is 2.76. The first-order chi connectivity index (χ1) is 15.7. The summed E-state index contributed by atoms with van der Waals surface area (Å²) in [6.45, 7) is 7.47. The number of carbonyl (C=O) groups excluding carboxylic acids is 3. The largest absolute Gasteiger partial charge is 0.506 e. The first-order valence-corrected chi connectivity index (χ1v) is 11.1. The lowest BCUT2D eigenvalue weighted by molar-refractivity contribution is -0.152. The van der Waals surface area contributed by atoms with Crippen LogP contribution in [0.4, 0.5) is 11.4 Å². The van der Waals surface area contributed by atoms with Crippen molar-refractivity contribution < 1.29 is 29.0 Å². The van der Waals surface area contributed by atoms with Crippen LogP contribution >= 0.6 is 0 Å². The van der Waals surface area contributed by atoms with Gasteiger partial charge in [-0.15, -0.1) is 0 Å². The number of hydrogen-bond acceptors (Lipinski definition) is 6. The Kier molecular flexibility index (Phi) is 9.72. The van der Waals surface area contributed by atoms with Gasteiger partial charge in [0.2, 0.25) is 5.91 Å². The van der Waals surface area contributed by atoms with E-state index in [-0.39, 0.29) is 24.0 Å². The minimum Gasteiger partial charge on any atom is -0.506 e. The molecule has 0 aromatic heterocycles. The Morgan fingerprint density at radius 1 is 0.939 bits per heavy atom. The normalized spacial score (nSPS) is 10.4. The van der Waals surface area contributed by atoms with Gasteiger partial charge >= 0.3 is 11.9 Å². The Labute approximate surface area is 194 Å². The Hall–Kier alpha value is -3.55. The van der Waals surface area contributed by atoms with Crippen molar-refractivity contribution in [2.24, 2.45) is 0 Å². The van der Waals surface area contributed by atoms with E-state index >= 15 is 0 Å². The summed E-state index contributed by atoms with van der Waals surface area (Å²) in [6.07, 6.45) is 4.37. The summed E-state index contributed by atoms with van der Waals surface area (Å²) in [5.74, 6) is -1.01. The van der Waals surface area contributed by atoms with Crippen LogP contribution in [0.5, 0.6) is 17.2 Å². The number of esters is 1. The molecule has 0 heterocycles. The number of benzene rings is 2. The van der Waals surface area contributed by atoms with Gasteiger partial charge in [0.15, 0.2) is 0 Å². The number of amides is 2. The fourth-order valence-corrected chi connectivity index (χ4v) is 3.28. The van der Waals surface area contributed by atoms with Gasteiger partial charge in [0.05, 0.1) is 12.3 Å². The molecule has 0 unspecified atom stereocenters. The number of aromatic hydroxyl groups is 1. The highest BCUT2D eigenvalue weighted by Gasteiger charge is 2.17. The summed E-state index contributed by atoms with van der Waals surface area (Å²) >= 11 is 0. The van der Waals surface area contributed by atoms with E-state index in [4.69, 9.17) is 9.47 Å². The van der Waals surface area contributed by atoms with Crippen LogP contribution in [0.25, 0.3) is 0 Å². The molecule has 0 aliphatic carbocycles. The Morgan fingerprint density at radius 2 is 1.64 bits per heavy atom. The lowest BCUT2D eigenvalue weighted by Gasteiger charge is -2.15. The number of ether oxygens (including phenoxy) is 2. The summed E-state index contributed by atoms with van der Waals surface area (Å²) < 4.78 is 10.7. The molecule has 0 saturated carbocycles. The van der Waals surface area contributed by atoms with Gasteiger partial charge in [-0.3, -0.25) is 9.59 Å². The lowest BCUT2D eigenvalue weighted by atomic mass is 10.1. The number of nitrogens with one attached hydrogen (secondary N) is 2. The highest BCUT2D eigenvalue weighted by molar-refractivity contribution is 6.37. The molecule has 0 aliphatic heterocycles. The van der Waals surface area contributed by atoms with Crippen molar-refractivity contribution >= 4 is 29.2 Å². The molecule has 8 heteroatoms. The van der Waals surface area contributed by atoms with E-state index in [1.54, 1.807) is 31.2 Å². The molecule has 0 saturated heterocycles. The molecular formula is C25H32N2O6. The number of anilines is 2. The van der Waals surface area contributed by atoms with E-state index in [2.05, 4.69) is 17.6 Å². The van der Waals surface area contributed by atoms with Crippen LogP contribution in [0.3, 0.4) is 0 Å². The summed E-state index contributed by atoms with van der Waals surface area (Å²) in [5, 5.41) is 15.4. The molecule has 0 bridgehead atoms. The molecule has 0 radical (unpaired) electrons. The standard InChI is InChI=1S/C25H32N2O6/c1-5-7-8-9-10-22(29)27-20-15-19(11-12-21(20)28)33-23-16(3)13-18(14-17(23)4)26-24(30)25(31)32-6-2/h11-15,28H,5-10H2,1-4H3,(H,26,30)(H,27,29). The second kappa shape index (κ2) is 12.5. The quantitative estimate of drug-likeness (QED) is 0.196. The number of unbranched alkanes of at least 4 members (excludes halogenated alkanes) is 3. The molecule has 0 spiro atoms. The molecule has 8 nitrogen and oxygen atoms in total. The zero-order chi connectivity index (χ0) is 24.4.